The van der Waals surface area contributed by atoms with Crippen LogP contribution in [0.4, 0.5) is 0 Å². The Morgan fingerprint density at radius 2 is 1.81 bits per heavy atom. The van der Waals surface area contributed by atoms with Gasteiger partial charge in [-0.2, -0.15) is 0 Å². The molecule has 0 atom stereocenters. The van der Waals surface area contributed by atoms with E-state index in [1.165, 1.54) is 15.8 Å². The molecule has 1 N–H and O–H groups in total. The molecule has 108 valence electrons. The minimum absolute atomic E-state index is 0.882. The number of nitrogens with zero attached hydrogens (tertiary/aromatic N) is 1. The standard InChI is InChI=1S/C16H16N2S3/c1-2-12-7-3-4-8-13(12)11-17-21-20-16-18-14-9-5-6-10-15(14)19-16/h3-10,17H,2,11H2,1H3. The van der Waals surface area contributed by atoms with Crippen LogP contribution in [0, 0.1) is 0 Å². The molecule has 0 saturated heterocycles. The monoisotopic (exact) mass is 332 g/mol. The number of para-hydroxylation sites is 1. The quantitative estimate of drug-likeness (QED) is 0.376. The Morgan fingerprint density at radius 1 is 1.05 bits per heavy atom. The van der Waals surface area contributed by atoms with Gasteiger partial charge in [-0.25, -0.2) is 9.71 Å². The highest BCUT2D eigenvalue weighted by molar-refractivity contribution is 8.76. The van der Waals surface area contributed by atoms with Gasteiger partial charge in [0.05, 0.1) is 10.2 Å². The van der Waals surface area contributed by atoms with Gasteiger partial charge in [-0.05, 0) is 51.5 Å². The zero-order valence-electron chi connectivity index (χ0n) is 11.7. The predicted octanol–water partition coefficient (Wildman–Crippen LogP) is 5.30. The molecule has 2 aromatic carbocycles. The summed E-state index contributed by atoms with van der Waals surface area (Å²) in [6.45, 7) is 3.08. The van der Waals surface area contributed by atoms with Gasteiger partial charge in [0.2, 0.25) is 0 Å². The average Bonchev–Trinajstić information content (AvgIpc) is 2.94. The van der Waals surface area contributed by atoms with E-state index in [2.05, 4.69) is 59.1 Å². The second kappa shape index (κ2) is 7.31. The summed E-state index contributed by atoms with van der Waals surface area (Å²) in [4.78, 5) is 4.61. The molecule has 1 aromatic heterocycles. The van der Waals surface area contributed by atoms with Crippen LogP contribution in [0.25, 0.3) is 10.2 Å². The largest absolute Gasteiger partial charge is 0.250 e. The Morgan fingerprint density at radius 3 is 2.62 bits per heavy atom. The maximum absolute atomic E-state index is 4.61. The number of hydrogen-bond donors (Lipinski definition) is 1. The lowest BCUT2D eigenvalue weighted by Crippen LogP contribution is -2.04. The first-order chi connectivity index (χ1) is 10.4. The summed E-state index contributed by atoms with van der Waals surface area (Å²) >= 11 is 1.74. The maximum Gasteiger partial charge on any atom is 0.162 e. The van der Waals surface area contributed by atoms with E-state index in [0.29, 0.717) is 0 Å². The number of hydrogen-bond acceptors (Lipinski definition) is 5. The molecule has 0 amide bonds. The fraction of sp³-hybridized carbons (Fsp3) is 0.188. The van der Waals surface area contributed by atoms with E-state index in [9.17, 15) is 0 Å². The topological polar surface area (TPSA) is 24.9 Å². The van der Waals surface area contributed by atoms with Crippen LogP contribution in [0.2, 0.25) is 0 Å². The van der Waals surface area contributed by atoms with E-state index in [1.54, 1.807) is 33.1 Å². The summed E-state index contributed by atoms with van der Waals surface area (Å²) < 4.78 is 5.76. The van der Waals surface area contributed by atoms with Gasteiger partial charge in [0.1, 0.15) is 0 Å². The van der Waals surface area contributed by atoms with Crippen LogP contribution < -0.4 is 4.72 Å². The van der Waals surface area contributed by atoms with Crippen molar-refractivity contribution in [2.75, 3.05) is 0 Å². The van der Waals surface area contributed by atoms with E-state index < -0.39 is 0 Å². The smallest absolute Gasteiger partial charge is 0.162 e. The molecule has 0 fully saturated rings. The third-order valence-electron chi connectivity index (χ3n) is 3.21. The van der Waals surface area contributed by atoms with Gasteiger partial charge in [0.25, 0.3) is 0 Å². The number of fused-ring (bicyclic) bond motifs is 1. The average molecular weight is 333 g/mol. The Hall–Kier alpha value is -1.01. The lowest BCUT2D eigenvalue weighted by Gasteiger charge is -2.07. The van der Waals surface area contributed by atoms with Gasteiger partial charge in [-0.15, -0.1) is 11.3 Å². The fourth-order valence-corrected chi connectivity index (χ4v) is 5.01. The van der Waals surface area contributed by atoms with Crippen molar-refractivity contribution in [1.82, 2.24) is 9.71 Å². The van der Waals surface area contributed by atoms with Crippen LogP contribution >= 0.6 is 33.1 Å². The molecule has 2 nitrogen and oxygen atoms in total. The molecule has 0 unspecified atom stereocenters. The zero-order valence-corrected chi connectivity index (χ0v) is 14.2. The predicted molar refractivity (Wildman–Crippen MR) is 95.7 cm³/mol. The third kappa shape index (κ3) is 3.80. The van der Waals surface area contributed by atoms with Crippen molar-refractivity contribution in [2.24, 2.45) is 0 Å². The van der Waals surface area contributed by atoms with Crippen molar-refractivity contribution in [3.63, 3.8) is 0 Å². The Bertz CT molecular complexity index is 691. The summed E-state index contributed by atoms with van der Waals surface area (Å²) in [5, 5.41) is 0. The summed E-state index contributed by atoms with van der Waals surface area (Å²) in [7, 11) is 3.34. The Labute approximate surface area is 136 Å². The molecule has 21 heavy (non-hydrogen) atoms. The van der Waals surface area contributed by atoms with E-state index >= 15 is 0 Å². The first-order valence-electron chi connectivity index (χ1n) is 6.85. The zero-order chi connectivity index (χ0) is 14.5. The third-order valence-corrected chi connectivity index (χ3v) is 6.51. The molecule has 3 aromatic rings. The molecule has 0 aliphatic carbocycles. The number of benzene rings is 2. The SMILES string of the molecule is CCc1ccccc1CNSSc1nc2ccccc2s1. The lowest BCUT2D eigenvalue weighted by atomic mass is 10.1. The van der Waals surface area contributed by atoms with E-state index in [-0.39, 0.29) is 0 Å². The molecule has 0 spiro atoms. The van der Waals surface area contributed by atoms with Gasteiger partial charge < -0.3 is 0 Å². The van der Waals surface area contributed by atoms with Crippen molar-refractivity contribution < 1.29 is 0 Å². The first-order valence-corrected chi connectivity index (χ1v) is 9.82. The van der Waals surface area contributed by atoms with Gasteiger partial charge in [-0.3, -0.25) is 0 Å². The normalized spacial score (nSPS) is 11.1. The summed E-state index contributed by atoms with van der Waals surface area (Å²) in [5.41, 5.74) is 3.87. The molecule has 0 aliphatic heterocycles. The summed E-state index contributed by atoms with van der Waals surface area (Å²) in [5.74, 6) is 0. The molecule has 5 heteroatoms. The number of thiazole rings is 1. The van der Waals surface area contributed by atoms with Gasteiger partial charge in [-0.1, -0.05) is 43.3 Å². The number of rotatable bonds is 6. The van der Waals surface area contributed by atoms with E-state index in [4.69, 9.17) is 0 Å². The van der Waals surface area contributed by atoms with E-state index in [0.717, 1.165) is 22.8 Å². The van der Waals surface area contributed by atoms with Crippen LogP contribution in [0.1, 0.15) is 18.1 Å². The highest BCUT2D eigenvalue weighted by atomic mass is 33.1. The van der Waals surface area contributed by atoms with Crippen LogP contribution in [0.3, 0.4) is 0 Å². The van der Waals surface area contributed by atoms with Crippen molar-refractivity contribution in [2.45, 2.75) is 24.2 Å². The van der Waals surface area contributed by atoms with Crippen LogP contribution in [-0.2, 0) is 13.0 Å². The van der Waals surface area contributed by atoms with Crippen molar-refractivity contribution in [1.29, 1.82) is 0 Å². The van der Waals surface area contributed by atoms with Crippen molar-refractivity contribution in [3.8, 4) is 0 Å². The Balaban J connectivity index is 1.54. The molecular formula is C16H16N2S3. The fourth-order valence-electron chi connectivity index (χ4n) is 2.13. The van der Waals surface area contributed by atoms with Crippen LogP contribution in [0.5, 0.6) is 0 Å². The number of nitrogens with one attached hydrogen (secondary N) is 1. The van der Waals surface area contributed by atoms with E-state index in [1.807, 2.05) is 6.07 Å². The van der Waals surface area contributed by atoms with Crippen molar-refractivity contribution in [3.05, 3.63) is 59.7 Å². The number of aryl methyl sites for hydroxylation is 1. The van der Waals surface area contributed by atoms with Crippen LogP contribution in [0.15, 0.2) is 52.9 Å². The highest BCUT2D eigenvalue weighted by Crippen LogP contribution is 2.35. The van der Waals surface area contributed by atoms with Gasteiger partial charge >= 0.3 is 0 Å². The highest BCUT2D eigenvalue weighted by Gasteiger charge is 2.04. The van der Waals surface area contributed by atoms with Gasteiger partial charge in [0, 0.05) is 6.54 Å². The molecule has 0 saturated carbocycles. The van der Waals surface area contributed by atoms with Gasteiger partial charge in [0.15, 0.2) is 4.34 Å². The molecule has 0 radical (unpaired) electrons. The van der Waals surface area contributed by atoms with Crippen LogP contribution in [-0.4, -0.2) is 4.98 Å². The Kier molecular flexibility index (Phi) is 5.19. The molecular weight excluding hydrogens is 316 g/mol. The number of aromatic nitrogens is 1. The molecule has 0 bridgehead atoms. The lowest BCUT2D eigenvalue weighted by molar-refractivity contribution is 0.946. The minimum atomic E-state index is 0.882. The summed E-state index contributed by atoms with van der Waals surface area (Å²) in [6.07, 6.45) is 1.08. The molecule has 0 aliphatic rings. The van der Waals surface area contributed by atoms with Crippen molar-refractivity contribution >= 4 is 43.3 Å². The minimum Gasteiger partial charge on any atom is -0.250 e. The second-order valence-corrected chi connectivity index (χ2v) is 7.86. The molecule has 3 rings (SSSR count). The second-order valence-electron chi connectivity index (χ2n) is 4.56. The molecule has 1 heterocycles. The summed E-state index contributed by atoms with van der Waals surface area (Å²) in [6, 6.07) is 16.9. The first kappa shape index (κ1) is 14.9. The maximum atomic E-state index is 4.61.